The Morgan fingerprint density at radius 3 is 2.92 bits per heavy atom. The predicted molar refractivity (Wildman–Crippen MR) is 45.9 cm³/mol. The Morgan fingerprint density at radius 1 is 1.50 bits per heavy atom. The number of aryl methyl sites for hydroxylation is 2. The van der Waals surface area contributed by atoms with Gasteiger partial charge < -0.3 is 4.74 Å². The van der Waals surface area contributed by atoms with Gasteiger partial charge in [0.05, 0.1) is 5.69 Å². The van der Waals surface area contributed by atoms with E-state index in [0.717, 1.165) is 31.7 Å². The number of hydrogen-bond acceptors (Lipinski definition) is 3. The molecule has 12 heavy (non-hydrogen) atoms. The van der Waals surface area contributed by atoms with E-state index in [4.69, 9.17) is 4.74 Å². The molecule has 1 heterocycles. The molecule has 0 saturated heterocycles. The van der Waals surface area contributed by atoms with Gasteiger partial charge in [-0.2, -0.15) is 0 Å². The van der Waals surface area contributed by atoms with E-state index < -0.39 is 0 Å². The zero-order valence-corrected chi connectivity index (χ0v) is 7.66. The van der Waals surface area contributed by atoms with Gasteiger partial charge in [0.15, 0.2) is 0 Å². The average Bonchev–Trinajstić information content (AvgIpc) is 2.45. The summed E-state index contributed by atoms with van der Waals surface area (Å²) < 4.78 is 6.81. The number of ether oxygens (including phenoxy) is 1. The highest BCUT2D eigenvalue weighted by atomic mass is 16.5. The van der Waals surface area contributed by atoms with Crippen LogP contribution in [0, 0.1) is 6.92 Å². The van der Waals surface area contributed by atoms with Gasteiger partial charge in [-0.3, -0.25) is 4.68 Å². The molecule has 0 aliphatic heterocycles. The molecule has 68 valence electrons. The quantitative estimate of drug-likeness (QED) is 0.618. The van der Waals surface area contributed by atoms with Crippen molar-refractivity contribution in [2.24, 2.45) is 0 Å². The standard InChI is InChI=1S/C8H15N3O/c1-8-7-11(10-9-8)5-3-4-6-12-2/h7H,3-6H2,1-2H3. The minimum Gasteiger partial charge on any atom is -0.385 e. The molecule has 0 N–H and O–H groups in total. The fourth-order valence-electron chi connectivity index (χ4n) is 1.02. The average molecular weight is 169 g/mol. The Hall–Kier alpha value is -0.900. The van der Waals surface area contributed by atoms with Crippen molar-refractivity contribution in [2.45, 2.75) is 26.3 Å². The molecular weight excluding hydrogens is 154 g/mol. The SMILES string of the molecule is COCCCCn1cc(C)nn1. The Balaban J connectivity index is 2.15. The lowest BCUT2D eigenvalue weighted by Crippen LogP contribution is -2.00. The molecule has 4 nitrogen and oxygen atoms in total. The van der Waals surface area contributed by atoms with E-state index in [-0.39, 0.29) is 0 Å². The maximum atomic E-state index is 4.94. The van der Waals surface area contributed by atoms with Crippen molar-refractivity contribution < 1.29 is 4.74 Å². The van der Waals surface area contributed by atoms with Crippen molar-refractivity contribution in [2.75, 3.05) is 13.7 Å². The van der Waals surface area contributed by atoms with Crippen molar-refractivity contribution in [3.8, 4) is 0 Å². The second-order valence-corrected chi connectivity index (χ2v) is 2.82. The molecule has 0 bridgehead atoms. The maximum Gasteiger partial charge on any atom is 0.0796 e. The summed E-state index contributed by atoms with van der Waals surface area (Å²) in [6.07, 6.45) is 4.12. The van der Waals surface area contributed by atoms with Crippen LogP contribution in [0.25, 0.3) is 0 Å². The number of rotatable bonds is 5. The van der Waals surface area contributed by atoms with E-state index in [2.05, 4.69) is 10.3 Å². The van der Waals surface area contributed by atoms with Crippen molar-refractivity contribution in [3.05, 3.63) is 11.9 Å². The fraction of sp³-hybridized carbons (Fsp3) is 0.750. The van der Waals surface area contributed by atoms with Crippen LogP contribution < -0.4 is 0 Å². The number of unbranched alkanes of at least 4 members (excludes halogenated alkanes) is 1. The molecule has 0 unspecified atom stereocenters. The van der Waals surface area contributed by atoms with Gasteiger partial charge >= 0.3 is 0 Å². The Labute approximate surface area is 72.5 Å². The van der Waals surface area contributed by atoms with Gasteiger partial charge in [-0.05, 0) is 19.8 Å². The molecule has 0 fully saturated rings. The van der Waals surface area contributed by atoms with E-state index in [9.17, 15) is 0 Å². The summed E-state index contributed by atoms with van der Waals surface area (Å²) in [5.74, 6) is 0. The summed E-state index contributed by atoms with van der Waals surface area (Å²) in [7, 11) is 1.72. The van der Waals surface area contributed by atoms with Gasteiger partial charge in [-0.15, -0.1) is 5.10 Å². The summed E-state index contributed by atoms with van der Waals surface area (Å²) >= 11 is 0. The smallest absolute Gasteiger partial charge is 0.0796 e. The van der Waals surface area contributed by atoms with Gasteiger partial charge in [-0.1, -0.05) is 5.21 Å². The summed E-state index contributed by atoms with van der Waals surface area (Å²) in [4.78, 5) is 0. The van der Waals surface area contributed by atoms with Crippen LogP contribution in [-0.4, -0.2) is 28.7 Å². The monoisotopic (exact) mass is 169 g/mol. The third-order valence-electron chi connectivity index (χ3n) is 1.64. The highest BCUT2D eigenvalue weighted by molar-refractivity contribution is 4.86. The first-order valence-electron chi connectivity index (χ1n) is 4.18. The Kier molecular flexibility index (Phi) is 3.73. The van der Waals surface area contributed by atoms with Crippen LogP contribution in [0.5, 0.6) is 0 Å². The number of hydrogen-bond donors (Lipinski definition) is 0. The second kappa shape index (κ2) is 4.87. The summed E-state index contributed by atoms with van der Waals surface area (Å²) in [5.41, 5.74) is 0.974. The van der Waals surface area contributed by atoms with Crippen LogP contribution in [-0.2, 0) is 11.3 Å². The van der Waals surface area contributed by atoms with Gasteiger partial charge in [-0.25, -0.2) is 0 Å². The van der Waals surface area contributed by atoms with Crippen LogP contribution in [0.3, 0.4) is 0 Å². The number of aromatic nitrogens is 3. The molecule has 0 aromatic carbocycles. The van der Waals surface area contributed by atoms with Crippen LogP contribution in [0.1, 0.15) is 18.5 Å². The minimum absolute atomic E-state index is 0.827. The lowest BCUT2D eigenvalue weighted by atomic mass is 10.3. The lowest BCUT2D eigenvalue weighted by Gasteiger charge is -1.98. The van der Waals surface area contributed by atoms with Crippen molar-refractivity contribution in [3.63, 3.8) is 0 Å². The third kappa shape index (κ3) is 3.00. The first kappa shape index (κ1) is 9.19. The molecule has 0 aliphatic carbocycles. The zero-order valence-electron chi connectivity index (χ0n) is 7.66. The highest BCUT2D eigenvalue weighted by Crippen LogP contribution is 1.95. The third-order valence-corrected chi connectivity index (χ3v) is 1.64. The number of nitrogens with zero attached hydrogens (tertiary/aromatic N) is 3. The molecule has 1 aromatic heterocycles. The Bertz CT molecular complexity index is 222. The normalized spacial score (nSPS) is 10.5. The molecule has 0 aliphatic rings. The van der Waals surface area contributed by atoms with E-state index in [0.29, 0.717) is 0 Å². The summed E-state index contributed by atoms with van der Waals surface area (Å²) in [5, 5.41) is 7.84. The first-order chi connectivity index (χ1) is 5.83. The first-order valence-corrected chi connectivity index (χ1v) is 4.18. The predicted octanol–water partition coefficient (Wildman–Crippen LogP) is 1.01. The van der Waals surface area contributed by atoms with Gasteiger partial charge in [0.2, 0.25) is 0 Å². The van der Waals surface area contributed by atoms with E-state index in [1.165, 1.54) is 0 Å². The molecule has 0 spiro atoms. The molecular formula is C8H15N3O. The molecule has 0 amide bonds. The molecule has 4 heteroatoms. The van der Waals surface area contributed by atoms with Crippen LogP contribution >= 0.6 is 0 Å². The van der Waals surface area contributed by atoms with Crippen LogP contribution in [0.15, 0.2) is 6.20 Å². The molecule has 0 radical (unpaired) electrons. The zero-order chi connectivity index (χ0) is 8.81. The van der Waals surface area contributed by atoms with E-state index >= 15 is 0 Å². The van der Waals surface area contributed by atoms with Crippen molar-refractivity contribution in [1.29, 1.82) is 0 Å². The number of methoxy groups -OCH3 is 1. The summed E-state index contributed by atoms with van der Waals surface area (Å²) in [6.45, 7) is 3.70. The Morgan fingerprint density at radius 2 is 2.33 bits per heavy atom. The molecule has 0 saturated carbocycles. The van der Waals surface area contributed by atoms with Gasteiger partial charge in [0.25, 0.3) is 0 Å². The maximum absolute atomic E-state index is 4.94. The van der Waals surface area contributed by atoms with Crippen molar-refractivity contribution >= 4 is 0 Å². The summed E-state index contributed by atoms with van der Waals surface area (Å²) in [6, 6.07) is 0. The molecule has 1 rings (SSSR count). The van der Waals surface area contributed by atoms with Gasteiger partial charge in [0, 0.05) is 26.5 Å². The lowest BCUT2D eigenvalue weighted by molar-refractivity contribution is 0.191. The van der Waals surface area contributed by atoms with E-state index in [1.807, 2.05) is 17.8 Å². The second-order valence-electron chi connectivity index (χ2n) is 2.82. The van der Waals surface area contributed by atoms with Gasteiger partial charge in [0.1, 0.15) is 0 Å². The minimum atomic E-state index is 0.827. The van der Waals surface area contributed by atoms with E-state index in [1.54, 1.807) is 7.11 Å². The van der Waals surface area contributed by atoms with Crippen LogP contribution in [0.2, 0.25) is 0 Å². The molecule has 1 aromatic rings. The topological polar surface area (TPSA) is 39.9 Å². The van der Waals surface area contributed by atoms with Crippen LogP contribution in [0.4, 0.5) is 0 Å². The largest absolute Gasteiger partial charge is 0.385 e. The van der Waals surface area contributed by atoms with Crippen molar-refractivity contribution in [1.82, 2.24) is 15.0 Å². The molecule has 0 atom stereocenters. The fourth-order valence-corrected chi connectivity index (χ4v) is 1.02. The highest BCUT2D eigenvalue weighted by Gasteiger charge is 1.94.